The molecule has 3 rings (SSSR count). The molecule has 2 aromatic rings. The lowest BCUT2D eigenvalue weighted by atomic mass is 10.1. The molecule has 0 spiro atoms. The molecule has 1 aliphatic rings. The molecule has 20 heavy (non-hydrogen) atoms. The van der Waals surface area contributed by atoms with E-state index in [4.69, 9.17) is 4.74 Å². The van der Waals surface area contributed by atoms with Crippen molar-refractivity contribution in [3.8, 4) is 5.75 Å². The minimum atomic E-state index is -0.399. The lowest BCUT2D eigenvalue weighted by Crippen LogP contribution is -1.99. The van der Waals surface area contributed by atoms with Gasteiger partial charge in [-0.1, -0.05) is 12.1 Å². The number of nitro benzene ring substituents is 1. The fraction of sp³-hybridized carbons (Fsp3) is 0.200. The van der Waals surface area contributed by atoms with E-state index in [1.54, 1.807) is 12.1 Å². The highest BCUT2D eigenvalue weighted by molar-refractivity contribution is 5.49. The molecule has 0 aromatic heterocycles. The van der Waals surface area contributed by atoms with Crippen LogP contribution in [0.25, 0.3) is 0 Å². The third-order valence-electron chi connectivity index (χ3n) is 3.33. The minimum absolute atomic E-state index is 0.102. The third-order valence-corrected chi connectivity index (χ3v) is 3.33. The first kappa shape index (κ1) is 12.5. The van der Waals surface area contributed by atoms with E-state index in [1.807, 2.05) is 12.1 Å². The summed E-state index contributed by atoms with van der Waals surface area (Å²) in [7, 11) is 0. The zero-order valence-electron chi connectivity index (χ0n) is 10.8. The van der Waals surface area contributed by atoms with Gasteiger partial charge < -0.3 is 10.1 Å². The number of nitro groups is 1. The molecule has 5 heteroatoms. The molecule has 0 saturated carbocycles. The third kappa shape index (κ3) is 2.56. The molecule has 0 aliphatic carbocycles. The number of ether oxygens (including phenoxy) is 1. The van der Waals surface area contributed by atoms with Gasteiger partial charge in [-0.25, -0.2) is 0 Å². The number of benzene rings is 2. The van der Waals surface area contributed by atoms with Gasteiger partial charge in [0, 0.05) is 30.8 Å². The maximum absolute atomic E-state index is 10.6. The van der Waals surface area contributed by atoms with Crippen LogP contribution in [0.5, 0.6) is 5.75 Å². The fourth-order valence-electron chi connectivity index (χ4n) is 2.25. The molecule has 102 valence electrons. The Morgan fingerprint density at radius 1 is 1.20 bits per heavy atom. The SMILES string of the molecule is O=[N+]([O-])c1ccc(NCc2ccc3c(c2)CCO3)cc1. The molecule has 0 radical (unpaired) electrons. The van der Waals surface area contributed by atoms with Crippen LogP contribution < -0.4 is 10.1 Å². The number of anilines is 1. The Labute approximate surface area is 116 Å². The van der Waals surface area contributed by atoms with Crippen LogP contribution in [0.2, 0.25) is 0 Å². The first-order valence-corrected chi connectivity index (χ1v) is 6.45. The second-order valence-corrected chi connectivity index (χ2v) is 4.70. The molecule has 1 N–H and O–H groups in total. The molecule has 1 heterocycles. The fourth-order valence-corrected chi connectivity index (χ4v) is 2.25. The molecular weight excluding hydrogens is 256 g/mol. The van der Waals surface area contributed by atoms with E-state index in [9.17, 15) is 10.1 Å². The Morgan fingerprint density at radius 2 is 2.00 bits per heavy atom. The number of nitrogens with zero attached hydrogens (tertiary/aromatic N) is 1. The molecule has 0 amide bonds. The number of nitrogens with one attached hydrogen (secondary N) is 1. The van der Waals surface area contributed by atoms with Gasteiger partial charge in [0.05, 0.1) is 11.5 Å². The first-order chi connectivity index (χ1) is 9.72. The van der Waals surface area contributed by atoms with E-state index >= 15 is 0 Å². The maximum atomic E-state index is 10.6. The van der Waals surface area contributed by atoms with Crippen molar-refractivity contribution in [1.82, 2.24) is 0 Å². The summed E-state index contributed by atoms with van der Waals surface area (Å²) in [4.78, 5) is 10.2. The van der Waals surface area contributed by atoms with E-state index in [-0.39, 0.29) is 5.69 Å². The van der Waals surface area contributed by atoms with Crippen LogP contribution in [0.3, 0.4) is 0 Å². The standard InChI is InChI=1S/C15H14N2O3/c18-17(19)14-4-2-13(3-5-14)16-10-11-1-6-15-12(9-11)7-8-20-15/h1-6,9,16H,7-8,10H2. The van der Waals surface area contributed by atoms with Crippen molar-refractivity contribution in [2.75, 3.05) is 11.9 Å². The van der Waals surface area contributed by atoms with Crippen LogP contribution in [0.4, 0.5) is 11.4 Å². The largest absolute Gasteiger partial charge is 0.493 e. The second-order valence-electron chi connectivity index (χ2n) is 4.70. The zero-order valence-corrected chi connectivity index (χ0v) is 10.8. The molecule has 0 saturated heterocycles. The lowest BCUT2D eigenvalue weighted by Gasteiger charge is -2.07. The van der Waals surface area contributed by atoms with Gasteiger partial charge in [0.25, 0.3) is 5.69 Å². The number of hydrogen-bond donors (Lipinski definition) is 1. The summed E-state index contributed by atoms with van der Waals surface area (Å²) < 4.78 is 5.47. The van der Waals surface area contributed by atoms with Crippen molar-refractivity contribution in [3.05, 3.63) is 63.7 Å². The highest BCUT2D eigenvalue weighted by Gasteiger charge is 2.11. The van der Waals surface area contributed by atoms with Crippen LogP contribution in [0.15, 0.2) is 42.5 Å². The average molecular weight is 270 g/mol. The quantitative estimate of drug-likeness (QED) is 0.684. The van der Waals surface area contributed by atoms with Gasteiger partial charge in [-0.05, 0) is 29.3 Å². The van der Waals surface area contributed by atoms with Crippen LogP contribution in [0.1, 0.15) is 11.1 Å². The summed E-state index contributed by atoms with van der Waals surface area (Å²) in [6, 6.07) is 12.6. The Bertz CT molecular complexity index is 638. The normalized spacial score (nSPS) is 12.6. The van der Waals surface area contributed by atoms with Crippen LogP contribution in [-0.4, -0.2) is 11.5 Å². The number of rotatable bonds is 4. The summed E-state index contributed by atoms with van der Waals surface area (Å²) in [6.45, 7) is 1.44. The van der Waals surface area contributed by atoms with Gasteiger partial charge in [-0.2, -0.15) is 0 Å². The Morgan fingerprint density at radius 3 is 2.75 bits per heavy atom. The number of hydrogen-bond acceptors (Lipinski definition) is 4. The predicted octanol–water partition coefficient (Wildman–Crippen LogP) is 3.14. The van der Waals surface area contributed by atoms with Gasteiger partial charge in [-0.3, -0.25) is 10.1 Å². The Balaban J connectivity index is 1.65. The van der Waals surface area contributed by atoms with Gasteiger partial charge in [-0.15, -0.1) is 0 Å². The van der Waals surface area contributed by atoms with E-state index in [0.29, 0.717) is 6.54 Å². The first-order valence-electron chi connectivity index (χ1n) is 6.45. The molecule has 0 fully saturated rings. The van der Waals surface area contributed by atoms with Crippen molar-refractivity contribution in [3.63, 3.8) is 0 Å². The van der Waals surface area contributed by atoms with Gasteiger partial charge in [0.1, 0.15) is 5.75 Å². The van der Waals surface area contributed by atoms with Crippen LogP contribution in [0, 0.1) is 10.1 Å². The highest BCUT2D eigenvalue weighted by atomic mass is 16.6. The molecule has 0 bridgehead atoms. The molecule has 2 aromatic carbocycles. The molecule has 5 nitrogen and oxygen atoms in total. The zero-order chi connectivity index (χ0) is 13.9. The van der Waals surface area contributed by atoms with E-state index in [0.717, 1.165) is 24.5 Å². The van der Waals surface area contributed by atoms with E-state index in [1.165, 1.54) is 23.3 Å². The molecule has 1 aliphatic heterocycles. The second kappa shape index (κ2) is 5.21. The topological polar surface area (TPSA) is 64.4 Å². The van der Waals surface area contributed by atoms with Crippen molar-refractivity contribution in [2.45, 2.75) is 13.0 Å². The Kier molecular flexibility index (Phi) is 3.25. The summed E-state index contributed by atoms with van der Waals surface area (Å²) in [5.41, 5.74) is 3.39. The maximum Gasteiger partial charge on any atom is 0.269 e. The summed E-state index contributed by atoms with van der Waals surface area (Å²) in [5.74, 6) is 0.976. The van der Waals surface area contributed by atoms with Crippen molar-refractivity contribution >= 4 is 11.4 Å². The minimum Gasteiger partial charge on any atom is -0.493 e. The predicted molar refractivity (Wildman–Crippen MR) is 76.1 cm³/mol. The van der Waals surface area contributed by atoms with Gasteiger partial charge in [0.2, 0.25) is 0 Å². The molecular formula is C15H14N2O3. The average Bonchev–Trinajstić information content (AvgIpc) is 2.93. The number of fused-ring (bicyclic) bond motifs is 1. The highest BCUT2D eigenvalue weighted by Crippen LogP contribution is 2.26. The van der Waals surface area contributed by atoms with E-state index in [2.05, 4.69) is 11.4 Å². The van der Waals surface area contributed by atoms with Crippen molar-refractivity contribution in [1.29, 1.82) is 0 Å². The summed E-state index contributed by atoms with van der Waals surface area (Å²) in [5, 5.41) is 13.8. The van der Waals surface area contributed by atoms with Crippen LogP contribution >= 0.6 is 0 Å². The van der Waals surface area contributed by atoms with Crippen LogP contribution in [-0.2, 0) is 13.0 Å². The monoisotopic (exact) mass is 270 g/mol. The van der Waals surface area contributed by atoms with E-state index < -0.39 is 4.92 Å². The summed E-state index contributed by atoms with van der Waals surface area (Å²) >= 11 is 0. The Hall–Kier alpha value is -2.56. The van der Waals surface area contributed by atoms with Crippen molar-refractivity contribution < 1.29 is 9.66 Å². The number of non-ortho nitro benzene ring substituents is 1. The molecule has 0 atom stereocenters. The summed E-state index contributed by atoms with van der Waals surface area (Å²) in [6.07, 6.45) is 0.959. The van der Waals surface area contributed by atoms with Crippen molar-refractivity contribution in [2.24, 2.45) is 0 Å². The molecule has 0 unspecified atom stereocenters. The smallest absolute Gasteiger partial charge is 0.269 e. The van der Waals surface area contributed by atoms with Gasteiger partial charge in [0.15, 0.2) is 0 Å². The van der Waals surface area contributed by atoms with Gasteiger partial charge >= 0.3 is 0 Å². The lowest BCUT2D eigenvalue weighted by molar-refractivity contribution is -0.384.